The number of methoxy groups -OCH3 is 1. The minimum atomic E-state index is -1.09. The molecule has 72 valence electrons. The highest BCUT2D eigenvalue weighted by atomic mass is 16.5. The summed E-state index contributed by atoms with van der Waals surface area (Å²) in [5.74, 6) is 0.665. The molecule has 0 amide bonds. The van der Waals surface area contributed by atoms with Crippen LogP contribution in [0.1, 0.15) is 12.6 Å². The summed E-state index contributed by atoms with van der Waals surface area (Å²) in [5.41, 5.74) is 4.83. The van der Waals surface area contributed by atoms with E-state index >= 15 is 0 Å². The molecule has 4 nitrogen and oxygen atoms in total. The third-order valence-electron chi connectivity index (χ3n) is 1.92. The lowest BCUT2D eigenvalue weighted by molar-refractivity contribution is 0.0619. The molecule has 3 N–H and O–H groups in total. The second-order valence-corrected chi connectivity index (χ2v) is 3.06. The summed E-state index contributed by atoms with van der Waals surface area (Å²) in [6, 6.07) is 3.39. The van der Waals surface area contributed by atoms with Gasteiger partial charge in [0.25, 0.3) is 0 Å². The van der Waals surface area contributed by atoms with Crippen LogP contribution in [0.4, 0.5) is 0 Å². The molecule has 1 aromatic heterocycles. The van der Waals surface area contributed by atoms with Crippen LogP contribution < -0.4 is 10.5 Å². The van der Waals surface area contributed by atoms with Crippen molar-refractivity contribution in [2.24, 2.45) is 5.73 Å². The van der Waals surface area contributed by atoms with E-state index in [0.29, 0.717) is 11.4 Å². The molecule has 0 radical (unpaired) electrons. The number of ether oxygens (including phenoxy) is 1. The standard InChI is InChI=1S/C9H14N2O2/c1-9(12,6-10)8-5-7(13-2)3-4-11-8/h3-5,12H,6,10H2,1-2H3. The van der Waals surface area contributed by atoms with Crippen molar-refractivity contribution in [3.8, 4) is 5.75 Å². The fraction of sp³-hybridized carbons (Fsp3) is 0.444. The van der Waals surface area contributed by atoms with Gasteiger partial charge in [-0.05, 0) is 13.0 Å². The second-order valence-electron chi connectivity index (χ2n) is 3.06. The minimum absolute atomic E-state index is 0.132. The lowest BCUT2D eigenvalue weighted by Gasteiger charge is -2.20. The van der Waals surface area contributed by atoms with Gasteiger partial charge in [-0.25, -0.2) is 0 Å². The molecule has 0 aliphatic rings. The number of nitrogens with two attached hydrogens (primary N) is 1. The predicted octanol–water partition coefficient (Wildman–Crippen LogP) is 0.256. The lowest BCUT2D eigenvalue weighted by atomic mass is 10.0. The quantitative estimate of drug-likeness (QED) is 0.703. The molecular weight excluding hydrogens is 168 g/mol. The summed E-state index contributed by atoms with van der Waals surface area (Å²) in [4.78, 5) is 4.02. The van der Waals surface area contributed by atoms with Crippen molar-refractivity contribution in [2.45, 2.75) is 12.5 Å². The molecule has 13 heavy (non-hydrogen) atoms. The fourth-order valence-corrected chi connectivity index (χ4v) is 0.937. The number of hydrogen-bond donors (Lipinski definition) is 2. The van der Waals surface area contributed by atoms with E-state index in [9.17, 15) is 5.11 Å². The summed E-state index contributed by atoms with van der Waals surface area (Å²) in [5, 5.41) is 9.77. The van der Waals surface area contributed by atoms with Crippen LogP contribution in [0, 0.1) is 0 Å². The summed E-state index contributed by atoms with van der Waals surface area (Å²) >= 11 is 0. The number of aromatic nitrogens is 1. The summed E-state index contributed by atoms with van der Waals surface area (Å²) in [6.45, 7) is 1.75. The largest absolute Gasteiger partial charge is 0.497 e. The van der Waals surface area contributed by atoms with Crippen LogP contribution in [0.5, 0.6) is 5.75 Å². The SMILES string of the molecule is COc1ccnc(C(C)(O)CN)c1. The van der Waals surface area contributed by atoms with Gasteiger partial charge in [0.05, 0.1) is 12.8 Å². The lowest BCUT2D eigenvalue weighted by Crippen LogP contribution is -2.32. The first-order chi connectivity index (χ1) is 6.10. The highest BCUT2D eigenvalue weighted by Gasteiger charge is 2.22. The zero-order chi connectivity index (χ0) is 9.90. The first kappa shape index (κ1) is 9.95. The predicted molar refractivity (Wildman–Crippen MR) is 49.4 cm³/mol. The van der Waals surface area contributed by atoms with E-state index in [2.05, 4.69) is 4.98 Å². The van der Waals surface area contributed by atoms with Crippen LogP contribution in [-0.4, -0.2) is 23.7 Å². The van der Waals surface area contributed by atoms with Crippen LogP contribution in [-0.2, 0) is 5.60 Å². The molecular formula is C9H14N2O2. The molecule has 0 aliphatic heterocycles. The van der Waals surface area contributed by atoms with Crippen LogP contribution in [0.3, 0.4) is 0 Å². The van der Waals surface area contributed by atoms with Crippen LogP contribution in [0.25, 0.3) is 0 Å². The van der Waals surface area contributed by atoms with Crippen molar-refractivity contribution in [1.82, 2.24) is 4.98 Å². The highest BCUT2D eigenvalue weighted by molar-refractivity contribution is 5.25. The van der Waals surface area contributed by atoms with Crippen molar-refractivity contribution >= 4 is 0 Å². The van der Waals surface area contributed by atoms with Crippen molar-refractivity contribution in [3.05, 3.63) is 24.0 Å². The molecule has 0 bridgehead atoms. The Morgan fingerprint density at radius 2 is 2.38 bits per heavy atom. The molecule has 1 heterocycles. The van der Waals surface area contributed by atoms with Gasteiger partial charge in [0.2, 0.25) is 0 Å². The maximum atomic E-state index is 9.77. The Bertz CT molecular complexity index is 287. The van der Waals surface area contributed by atoms with Crippen molar-refractivity contribution in [2.75, 3.05) is 13.7 Å². The van der Waals surface area contributed by atoms with Crippen LogP contribution in [0.15, 0.2) is 18.3 Å². The van der Waals surface area contributed by atoms with Gasteiger partial charge < -0.3 is 15.6 Å². The zero-order valence-corrected chi connectivity index (χ0v) is 7.82. The Morgan fingerprint density at radius 3 is 2.92 bits per heavy atom. The van der Waals surface area contributed by atoms with E-state index in [1.54, 1.807) is 32.4 Å². The topological polar surface area (TPSA) is 68.4 Å². The maximum Gasteiger partial charge on any atom is 0.122 e. The Kier molecular flexibility index (Phi) is 2.85. The van der Waals surface area contributed by atoms with E-state index < -0.39 is 5.60 Å². The molecule has 4 heteroatoms. The summed E-state index contributed by atoms with van der Waals surface area (Å²) < 4.78 is 5.00. The van der Waals surface area contributed by atoms with E-state index in [1.165, 1.54) is 0 Å². The Morgan fingerprint density at radius 1 is 1.69 bits per heavy atom. The van der Waals surface area contributed by atoms with Gasteiger partial charge in [0, 0.05) is 18.8 Å². The summed E-state index contributed by atoms with van der Waals surface area (Å²) in [7, 11) is 1.57. The van der Waals surface area contributed by atoms with Gasteiger partial charge in [-0.15, -0.1) is 0 Å². The van der Waals surface area contributed by atoms with E-state index in [-0.39, 0.29) is 6.54 Å². The molecule has 1 rings (SSSR count). The third-order valence-corrected chi connectivity index (χ3v) is 1.92. The molecule has 1 atom stereocenters. The van der Waals surface area contributed by atoms with Crippen molar-refractivity contribution in [1.29, 1.82) is 0 Å². The van der Waals surface area contributed by atoms with Crippen LogP contribution >= 0.6 is 0 Å². The molecule has 0 aromatic carbocycles. The first-order valence-electron chi connectivity index (χ1n) is 4.03. The Labute approximate surface area is 77.4 Å². The van der Waals surface area contributed by atoms with Gasteiger partial charge in [-0.1, -0.05) is 0 Å². The molecule has 0 saturated carbocycles. The Balaban J connectivity index is 3.01. The number of hydrogen-bond acceptors (Lipinski definition) is 4. The van der Waals surface area contributed by atoms with Gasteiger partial charge in [0.1, 0.15) is 11.4 Å². The van der Waals surface area contributed by atoms with E-state index in [4.69, 9.17) is 10.5 Å². The van der Waals surface area contributed by atoms with Gasteiger partial charge in [-0.3, -0.25) is 4.98 Å². The fourth-order valence-electron chi connectivity index (χ4n) is 0.937. The van der Waals surface area contributed by atoms with Crippen molar-refractivity contribution < 1.29 is 9.84 Å². The molecule has 0 spiro atoms. The van der Waals surface area contributed by atoms with Gasteiger partial charge in [-0.2, -0.15) is 0 Å². The zero-order valence-electron chi connectivity index (χ0n) is 7.82. The van der Waals surface area contributed by atoms with Gasteiger partial charge >= 0.3 is 0 Å². The normalized spacial score (nSPS) is 15.1. The Hall–Kier alpha value is -1.13. The monoisotopic (exact) mass is 182 g/mol. The van der Waals surface area contributed by atoms with Crippen LogP contribution in [0.2, 0.25) is 0 Å². The average Bonchev–Trinajstić information content (AvgIpc) is 2.18. The third kappa shape index (κ3) is 2.17. The smallest absolute Gasteiger partial charge is 0.122 e. The van der Waals surface area contributed by atoms with E-state index in [1.807, 2.05) is 0 Å². The molecule has 0 saturated heterocycles. The molecule has 1 unspecified atom stereocenters. The first-order valence-corrected chi connectivity index (χ1v) is 4.03. The molecule has 0 aliphatic carbocycles. The molecule has 0 fully saturated rings. The maximum absolute atomic E-state index is 9.77. The average molecular weight is 182 g/mol. The van der Waals surface area contributed by atoms with Gasteiger partial charge in [0.15, 0.2) is 0 Å². The molecule has 1 aromatic rings. The van der Waals surface area contributed by atoms with Crippen molar-refractivity contribution in [3.63, 3.8) is 0 Å². The second kappa shape index (κ2) is 3.72. The summed E-state index contributed by atoms with van der Waals surface area (Å²) in [6.07, 6.45) is 1.58. The van der Waals surface area contributed by atoms with E-state index in [0.717, 1.165) is 0 Å². The number of nitrogens with zero attached hydrogens (tertiary/aromatic N) is 1. The highest BCUT2D eigenvalue weighted by Crippen LogP contribution is 2.20. The minimum Gasteiger partial charge on any atom is -0.497 e. The number of aliphatic hydroxyl groups is 1. The number of rotatable bonds is 3. The number of pyridine rings is 1.